The molecule has 170 valence electrons. The lowest BCUT2D eigenvalue weighted by molar-refractivity contribution is -0.113. The summed E-state index contributed by atoms with van der Waals surface area (Å²) in [5, 5.41) is 14.5. The minimum absolute atomic E-state index is 0.160. The zero-order valence-electron chi connectivity index (χ0n) is 19.2. The van der Waals surface area contributed by atoms with E-state index in [1.165, 1.54) is 30.2 Å². The Kier molecular flexibility index (Phi) is 7.73. The number of nitrogens with one attached hydrogen (secondary N) is 1. The lowest BCUT2D eigenvalue weighted by Gasteiger charge is -2.11. The third-order valence-electron chi connectivity index (χ3n) is 5.03. The van der Waals surface area contributed by atoms with Crippen LogP contribution in [-0.2, 0) is 16.1 Å². The SMILES string of the molecule is CCn1c(SCC(=O)Nc2scc(-c3cc(C)ccc3C)c2C(=O)OC)nnc1C(C)C. The van der Waals surface area contributed by atoms with Gasteiger partial charge in [0.25, 0.3) is 0 Å². The molecule has 2 heterocycles. The smallest absolute Gasteiger partial charge is 0.341 e. The van der Waals surface area contributed by atoms with Crippen LogP contribution >= 0.6 is 23.1 Å². The summed E-state index contributed by atoms with van der Waals surface area (Å²) in [6.07, 6.45) is 0. The molecule has 32 heavy (non-hydrogen) atoms. The number of rotatable bonds is 8. The van der Waals surface area contributed by atoms with Crippen LogP contribution in [-0.4, -0.2) is 39.5 Å². The summed E-state index contributed by atoms with van der Waals surface area (Å²) in [6.45, 7) is 10.9. The molecule has 0 aliphatic rings. The first-order valence-electron chi connectivity index (χ1n) is 10.4. The van der Waals surface area contributed by atoms with Gasteiger partial charge < -0.3 is 14.6 Å². The second-order valence-electron chi connectivity index (χ2n) is 7.74. The van der Waals surface area contributed by atoms with E-state index in [2.05, 4.69) is 29.4 Å². The van der Waals surface area contributed by atoms with Crippen LogP contribution < -0.4 is 5.32 Å². The Morgan fingerprint density at radius 2 is 1.97 bits per heavy atom. The lowest BCUT2D eigenvalue weighted by atomic mass is 9.97. The number of nitrogens with zero attached hydrogens (tertiary/aromatic N) is 3. The standard InChI is InChI=1S/C23H28N4O3S2/c1-7-27-20(13(2)3)25-26-23(27)32-12-18(28)24-21-19(22(29)30-6)17(11-31-21)16-10-14(4)8-9-15(16)5/h8-11,13H,7,12H2,1-6H3,(H,24,28). The van der Waals surface area contributed by atoms with Crippen LogP contribution in [0.3, 0.4) is 0 Å². The van der Waals surface area contributed by atoms with Crippen molar-refractivity contribution in [2.45, 2.75) is 52.2 Å². The Bertz CT molecular complexity index is 1130. The first-order chi connectivity index (χ1) is 15.3. The molecule has 0 spiro atoms. The minimum Gasteiger partial charge on any atom is -0.465 e. The number of esters is 1. The Hall–Kier alpha value is -2.65. The number of thioether (sulfide) groups is 1. The number of hydrogen-bond donors (Lipinski definition) is 1. The number of carbonyl (C=O) groups is 2. The van der Waals surface area contributed by atoms with E-state index >= 15 is 0 Å². The monoisotopic (exact) mass is 472 g/mol. The van der Waals surface area contributed by atoms with Crippen molar-refractivity contribution in [3.8, 4) is 11.1 Å². The zero-order valence-corrected chi connectivity index (χ0v) is 20.8. The predicted molar refractivity (Wildman–Crippen MR) is 130 cm³/mol. The van der Waals surface area contributed by atoms with Crippen molar-refractivity contribution in [1.82, 2.24) is 14.8 Å². The molecule has 2 aromatic heterocycles. The molecule has 0 unspecified atom stereocenters. The van der Waals surface area contributed by atoms with E-state index in [-0.39, 0.29) is 17.6 Å². The topological polar surface area (TPSA) is 86.1 Å². The number of thiophene rings is 1. The first-order valence-corrected chi connectivity index (χ1v) is 12.3. The van der Waals surface area contributed by atoms with E-state index in [0.29, 0.717) is 15.7 Å². The van der Waals surface area contributed by atoms with Crippen molar-refractivity contribution in [1.29, 1.82) is 0 Å². The van der Waals surface area contributed by atoms with Crippen molar-refractivity contribution in [2.24, 2.45) is 0 Å². The van der Waals surface area contributed by atoms with Gasteiger partial charge in [0.2, 0.25) is 5.91 Å². The van der Waals surface area contributed by atoms with E-state index in [9.17, 15) is 9.59 Å². The zero-order chi connectivity index (χ0) is 23.4. The number of carbonyl (C=O) groups excluding carboxylic acids is 2. The van der Waals surface area contributed by atoms with Gasteiger partial charge in [-0.1, -0.05) is 49.4 Å². The fourth-order valence-corrected chi connectivity index (χ4v) is 5.18. The fraction of sp³-hybridized carbons (Fsp3) is 0.391. The highest BCUT2D eigenvalue weighted by atomic mass is 32.2. The summed E-state index contributed by atoms with van der Waals surface area (Å²) in [5.74, 6) is 0.624. The van der Waals surface area contributed by atoms with Gasteiger partial charge in [0.15, 0.2) is 5.16 Å². The number of amides is 1. The average molecular weight is 473 g/mol. The van der Waals surface area contributed by atoms with Crippen LogP contribution in [0.2, 0.25) is 0 Å². The van der Waals surface area contributed by atoms with Crippen molar-refractivity contribution in [3.63, 3.8) is 0 Å². The molecule has 3 rings (SSSR count). The van der Waals surface area contributed by atoms with Crippen LogP contribution in [0.25, 0.3) is 11.1 Å². The van der Waals surface area contributed by atoms with Gasteiger partial charge in [-0.05, 0) is 31.9 Å². The number of ether oxygens (including phenoxy) is 1. The largest absolute Gasteiger partial charge is 0.465 e. The van der Waals surface area contributed by atoms with Crippen LogP contribution in [0, 0.1) is 13.8 Å². The maximum absolute atomic E-state index is 12.7. The molecule has 3 aromatic rings. The average Bonchev–Trinajstić information content (AvgIpc) is 3.37. The van der Waals surface area contributed by atoms with Crippen LogP contribution in [0.15, 0.2) is 28.7 Å². The Morgan fingerprint density at radius 1 is 1.22 bits per heavy atom. The number of aryl methyl sites for hydroxylation is 2. The summed E-state index contributed by atoms with van der Waals surface area (Å²) in [5.41, 5.74) is 4.23. The molecule has 9 heteroatoms. The van der Waals surface area contributed by atoms with Gasteiger partial charge in [0.05, 0.1) is 12.9 Å². The van der Waals surface area contributed by atoms with Crippen molar-refractivity contribution in [2.75, 3.05) is 18.2 Å². The van der Waals surface area contributed by atoms with E-state index in [4.69, 9.17) is 4.74 Å². The van der Waals surface area contributed by atoms with Gasteiger partial charge in [-0.3, -0.25) is 4.79 Å². The quantitative estimate of drug-likeness (QED) is 0.354. The summed E-state index contributed by atoms with van der Waals surface area (Å²) < 4.78 is 7.04. The number of hydrogen-bond acceptors (Lipinski definition) is 7. The molecule has 0 saturated heterocycles. The molecule has 7 nitrogen and oxygen atoms in total. The van der Waals surface area contributed by atoms with E-state index < -0.39 is 5.97 Å². The third kappa shape index (κ3) is 5.05. The van der Waals surface area contributed by atoms with Crippen molar-refractivity contribution >= 4 is 40.0 Å². The number of aromatic nitrogens is 3. The predicted octanol–water partition coefficient (Wildman–Crippen LogP) is 5.28. The molecular weight excluding hydrogens is 444 g/mol. The summed E-state index contributed by atoms with van der Waals surface area (Å²) in [7, 11) is 1.35. The van der Waals surface area contributed by atoms with Gasteiger partial charge >= 0.3 is 5.97 Å². The van der Waals surface area contributed by atoms with Gasteiger partial charge in [-0.15, -0.1) is 21.5 Å². The van der Waals surface area contributed by atoms with Gasteiger partial charge in [-0.2, -0.15) is 0 Å². The molecule has 0 saturated carbocycles. The lowest BCUT2D eigenvalue weighted by Crippen LogP contribution is -2.16. The Balaban J connectivity index is 1.82. The normalized spacial score (nSPS) is 11.1. The molecule has 1 aromatic carbocycles. The maximum Gasteiger partial charge on any atom is 0.341 e. The van der Waals surface area contributed by atoms with Crippen molar-refractivity contribution < 1.29 is 14.3 Å². The molecule has 0 atom stereocenters. The summed E-state index contributed by atoms with van der Waals surface area (Å²) >= 11 is 2.65. The second kappa shape index (κ2) is 10.3. The molecule has 0 aliphatic heterocycles. The van der Waals surface area contributed by atoms with E-state index in [1.807, 2.05) is 48.9 Å². The molecule has 0 radical (unpaired) electrons. The third-order valence-corrected chi connectivity index (χ3v) is 6.89. The minimum atomic E-state index is -0.475. The highest BCUT2D eigenvalue weighted by Crippen LogP contribution is 2.38. The van der Waals surface area contributed by atoms with Crippen molar-refractivity contribution in [3.05, 3.63) is 46.1 Å². The molecular formula is C23H28N4O3S2. The molecule has 1 N–H and O–H groups in total. The van der Waals surface area contributed by atoms with E-state index in [1.54, 1.807) is 0 Å². The van der Waals surface area contributed by atoms with Gasteiger partial charge in [0, 0.05) is 23.4 Å². The van der Waals surface area contributed by atoms with Crippen LogP contribution in [0.4, 0.5) is 5.00 Å². The summed E-state index contributed by atoms with van der Waals surface area (Å²) in [4.78, 5) is 25.3. The first kappa shape index (κ1) is 24.0. The maximum atomic E-state index is 12.7. The van der Waals surface area contributed by atoms with Crippen LogP contribution in [0.1, 0.15) is 54.0 Å². The van der Waals surface area contributed by atoms with Gasteiger partial charge in [0.1, 0.15) is 16.4 Å². The van der Waals surface area contributed by atoms with Crippen LogP contribution in [0.5, 0.6) is 0 Å². The van der Waals surface area contributed by atoms with Gasteiger partial charge in [-0.25, -0.2) is 4.79 Å². The number of methoxy groups -OCH3 is 1. The number of benzene rings is 1. The highest BCUT2D eigenvalue weighted by Gasteiger charge is 2.24. The number of anilines is 1. The summed E-state index contributed by atoms with van der Waals surface area (Å²) in [6, 6.07) is 6.09. The highest BCUT2D eigenvalue weighted by molar-refractivity contribution is 7.99. The molecule has 1 amide bonds. The second-order valence-corrected chi connectivity index (χ2v) is 9.56. The Labute approximate surface area is 196 Å². The molecule has 0 bridgehead atoms. The molecule has 0 aliphatic carbocycles. The fourth-order valence-electron chi connectivity index (χ4n) is 3.40. The Morgan fingerprint density at radius 3 is 2.62 bits per heavy atom. The molecule has 0 fully saturated rings. The van der Waals surface area contributed by atoms with E-state index in [0.717, 1.165) is 34.6 Å².